The van der Waals surface area contributed by atoms with Crippen molar-refractivity contribution < 1.29 is 34.5 Å². The van der Waals surface area contributed by atoms with Crippen LogP contribution in [-0.4, -0.2) is 82.9 Å². The number of carbonyl (C=O) groups excluding carboxylic acids is 3. The van der Waals surface area contributed by atoms with Gasteiger partial charge in [-0.05, 0) is 24.9 Å². The Bertz CT molecular complexity index is 778. The Labute approximate surface area is 191 Å². The molecule has 12 heteroatoms. The van der Waals surface area contributed by atoms with Gasteiger partial charge in [-0.1, -0.05) is 36.8 Å². The quantitative estimate of drug-likeness (QED) is 0.125. The average molecular weight is 468 g/mol. The van der Waals surface area contributed by atoms with E-state index in [1.165, 1.54) is 0 Å². The van der Waals surface area contributed by atoms with Crippen molar-refractivity contribution in [2.24, 2.45) is 11.5 Å². The number of amides is 3. The first-order valence-electron chi connectivity index (χ1n) is 10.6. The molecule has 0 aliphatic carbocycles. The van der Waals surface area contributed by atoms with Crippen LogP contribution in [0.5, 0.6) is 0 Å². The van der Waals surface area contributed by atoms with Crippen molar-refractivity contribution >= 4 is 23.7 Å². The number of nitrogens with one attached hydrogen (secondary N) is 3. The van der Waals surface area contributed by atoms with Crippen LogP contribution >= 0.6 is 0 Å². The van der Waals surface area contributed by atoms with E-state index in [1.807, 2.05) is 0 Å². The lowest BCUT2D eigenvalue weighted by Crippen LogP contribution is -2.59. The van der Waals surface area contributed by atoms with Gasteiger partial charge in [0.2, 0.25) is 17.7 Å². The molecular formula is C21H33N5O7. The first kappa shape index (κ1) is 28.0. The Kier molecular flexibility index (Phi) is 12.6. The van der Waals surface area contributed by atoms with Crippen molar-refractivity contribution in [3.05, 3.63) is 35.9 Å². The zero-order valence-corrected chi connectivity index (χ0v) is 18.3. The highest BCUT2D eigenvalue weighted by molar-refractivity contribution is 5.94. The topological polar surface area (TPSA) is 217 Å². The minimum absolute atomic E-state index is 0.00856. The third kappa shape index (κ3) is 9.95. The van der Waals surface area contributed by atoms with Gasteiger partial charge in [-0.15, -0.1) is 0 Å². The van der Waals surface area contributed by atoms with Crippen LogP contribution in [0.3, 0.4) is 0 Å². The number of aliphatic hydroxyl groups excluding tert-OH is 2. The van der Waals surface area contributed by atoms with Gasteiger partial charge in [-0.2, -0.15) is 0 Å². The average Bonchev–Trinajstić information content (AvgIpc) is 2.80. The lowest BCUT2D eigenvalue weighted by Gasteiger charge is -2.23. The Hall–Kier alpha value is -3.06. The molecule has 0 aromatic heterocycles. The molecule has 0 saturated heterocycles. The zero-order chi connectivity index (χ0) is 24.8. The summed E-state index contributed by atoms with van der Waals surface area (Å²) in [6.45, 7) is -1.16. The Morgan fingerprint density at radius 3 is 1.82 bits per heavy atom. The number of benzene rings is 1. The molecule has 184 valence electrons. The minimum Gasteiger partial charge on any atom is -0.480 e. The summed E-state index contributed by atoms with van der Waals surface area (Å²) >= 11 is 0. The molecular weight excluding hydrogens is 434 g/mol. The maximum absolute atomic E-state index is 12.5. The lowest BCUT2D eigenvalue weighted by atomic mass is 10.1. The van der Waals surface area contributed by atoms with Crippen LogP contribution in [0, 0.1) is 0 Å². The number of hydrogen-bond donors (Lipinski definition) is 8. The van der Waals surface area contributed by atoms with E-state index in [1.54, 1.807) is 30.3 Å². The van der Waals surface area contributed by atoms with Crippen LogP contribution in [-0.2, 0) is 25.6 Å². The molecule has 1 rings (SSSR count). The van der Waals surface area contributed by atoms with Gasteiger partial charge < -0.3 is 42.7 Å². The van der Waals surface area contributed by atoms with Crippen molar-refractivity contribution in [2.45, 2.75) is 49.9 Å². The molecule has 0 heterocycles. The maximum atomic E-state index is 12.5. The first-order valence-corrected chi connectivity index (χ1v) is 10.6. The minimum atomic E-state index is -1.50. The van der Waals surface area contributed by atoms with Crippen LogP contribution in [0.2, 0.25) is 0 Å². The van der Waals surface area contributed by atoms with Gasteiger partial charge >= 0.3 is 5.97 Å². The molecule has 0 fully saturated rings. The first-order chi connectivity index (χ1) is 15.7. The van der Waals surface area contributed by atoms with E-state index < -0.39 is 61.1 Å². The van der Waals surface area contributed by atoms with Gasteiger partial charge in [0.05, 0.1) is 19.3 Å². The van der Waals surface area contributed by atoms with Crippen LogP contribution in [0.4, 0.5) is 0 Å². The number of rotatable bonds is 15. The number of unbranched alkanes of at least 4 members (excludes halogenated alkanes) is 1. The summed E-state index contributed by atoms with van der Waals surface area (Å²) in [5.41, 5.74) is 11.8. The molecule has 12 nitrogen and oxygen atoms in total. The third-order valence-electron chi connectivity index (χ3n) is 4.83. The third-order valence-corrected chi connectivity index (χ3v) is 4.83. The number of nitrogens with two attached hydrogens (primary N) is 2. The van der Waals surface area contributed by atoms with Crippen LogP contribution in [0.25, 0.3) is 0 Å². The molecule has 0 radical (unpaired) electrons. The summed E-state index contributed by atoms with van der Waals surface area (Å²) in [4.78, 5) is 48.6. The second-order valence-electron chi connectivity index (χ2n) is 7.47. The summed E-state index contributed by atoms with van der Waals surface area (Å²) < 4.78 is 0. The van der Waals surface area contributed by atoms with Gasteiger partial charge in [0.25, 0.3) is 0 Å². The molecule has 1 aromatic carbocycles. The van der Waals surface area contributed by atoms with Gasteiger partial charge in [0.1, 0.15) is 18.1 Å². The molecule has 0 bridgehead atoms. The summed E-state index contributed by atoms with van der Waals surface area (Å²) in [6.07, 6.45) is 1.62. The van der Waals surface area contributed by atoms with Crippen LogP contribution < -0.4 is 27.4 Å². The Balaban J connectivity index is 2.70. The molecule has 0 aliphatic heterocycles. The summed E-state index contributed by atoms with van der Waals surface area (Å²) in [7, 11) is 0. The standard InChI is InChI=1S/C21H33N5O7/c22-9-5-4-8-14(23)18(29)25-16(11-27)20(31)26-17(12-28)19(30)24-15(21(32)33)10-13-6-2-1-3-7-13/h1-3,6-7,14-17,27-28H,4-5,8-12,22-23H2,(H,24,30)(H,25,29)(H,26,31)(H,32,33). The number of carbonyl (C=O) groups is 4. The van der Waals surface area contributed by atoms with E-state index in [4.69, 9.17) is 11.5 Å². The maximum Gasteiger partial charge on any atom is 0.326 e. The van der Waals surface area contributed by atoms with Crippen LogP contribution in [0.15, 0.2) is 30.3 Å². The SMILES string of the molecule is NCCCCC(N)C(=O)NC(CO)C(=O)NC(CO)C(=O)NC(Cc1ccccc1)C(=O)O. The van der Waals surface area contributed by atoms with Gasteiger partial charge in [0, 0.05) is 6.42 Å². The summed E-state index contributed by atoms with van der Waals surface area (Å²) in [5.74, 6) is -3.83. The van der Waals surface area contributed by atoms with Crippen molar-refractivity contribution in [1.29, 1.82) is 0 Å². The predicted octanol–water partition coefficient (Wildman–Crippen LogP) is -2.79. The molecule has 1 aromatic rings. The zero-order valence-electron chi connectivity index (χ0n) is 18.3. The molecule has 0 spiro atoms. The van der Waals surface area contributed by atoms with Crippen molar-refractivity contribution in [1.82, 2.24) is 16.0 Å². The van der Waals surface area contributed by atoms with E-state index in [9.17, 15) is 34.5 Å². The van der Waals surface area contributed by atoms with E-state index in [2.05, 4.69) is 16.0 Å². The highest BCUT2D eigenvalue weighted by atomic mass is 16.4. The molecule has 0 aliphatic rings. The van der Waals surface area contributed by atoms with Crippen molar-refractivity contribution in [3.63, 3.8) is 0 Å². The van der Waals surface area contributed by atoms with Gasteiger partial charge in [0.15, 0.2) is 0 Å². The van der Waals surface area contributed by atoms with E-state index in [0.29, 0.717) is 31.4 Å². The highest BCUT2D eigenvalue weighted by Gasteiger charge is 2.29. The fraction of sp³-hybridized carbons (Fsp3) is 0.524. The normalized spacial score (nSPS) is 14.4. The fourth-order valence-corrected chi connectivity index (χ4v) is 2.90. The number of aliphatic carboxylic acids is 1. The summed E-state index contributed by atoms with van der Waals surface area (Å²) in [5, 5.41) is 35.2. The van der Waals surface area contributed by atoms with Crippen LogP contribution in [0.1, 0.15) is 24.8 Å². The largest absolute Gasteiger partial charge is 0.480 e. The number of aliphatic hydroxyl groups is 2. The molecule has 0 saturated carbocycles. The fourth-order valence-electron chi connectivity index (χ4n) is 2.90. The monoisotopic (exact) mass is 467 g/mol. The number of carboxylic acids is 1. The van der Waals surface area contributed by atoms with Crippen molar-refractivity contribution in [3.8, 4) is 0 Å². The molecule has 4 atom stereocenters. The van der Waals surface area contributed by atoms with E-state index in [-0.39, 0.29) is 6.42 Å². The summed E-state index contributed by atoms with van der Waals surface area (Å²) in [6, 6.07) is 3.47. The lowest BCUT2D eigenvalue weighted by molar-refractivity contribution is -0.142. The Morgan fingerprint density at radius 1 is 0.818 bits per heavy atom. The highest BCUT2D eigenvalue weighted by Crippen LogP contribution is 2.04. The van der Waals surface area contributed by atoms with Gasteiger partial charge in [-0.25, -0.2) is 4.79 Å². The molecule has 4 unspecified atom stereocenters. The van der Waals surface area contributed by atoms with Crippen molar-refractivity contribution in [2.75, 3.05) is 19.8 Å². The molecule has 3 amide bonds. The molecule has 10 N–H and O–H groups in total. The molecule has 33 heavy (non-hydrogen) atoms. The second kappa shape index (κ2) is 14.9. The Morgan fingerprint density at radius 2 is 1.33 bits per heavy atom. The number of carboxylic acid groups (broad SMARTS) is 1. The van der Waals surface area contributed by atoms with E-state index in [0.717, 1.165) is 0 Å². The predicted molar refractivity (Wildman–Crippen MR) is 119 cm³/mol. The smallest absolute Gasteiger partial charge is 0.326 e. The second-order valence-corrected chi connectivity index (χ2v) is 7.47. The number of hydrogen-bond acceptors (Lipinski definition) is 8. The van der Waals surface area contributed by atoms with Gasteiger partial charge in [-0.3, -0.25) is 14.4 Å². The van der Waals surface area contributed by atoms with E-state index >= 15 is 0 Å².